The van der Waals surface area contributed by atoms with Crippen LogP contribution in [-0.4, -0.2) is 27.6 Å². The van der Waals surface area contributed by atoms with Crippen LogP contribution in [-0.2, 0) is 10.3 Å². The summed E-state index contributed by atoms with van der Waals surface area (Å²) < 4.78 is 5.01. The SMILES string of the molecule is C#Cc1cnc2c(Cl)cc(C)cc2c1.CSC(C)C(=O)NC(C)(C)c1cc(C)on1. The average molecular weight is 444 g/mol. The first-order valence-electron chi connectivity index (χ1n) is 9.38. The number of halogens is 1. The summed E-state index contributed by atoms with van der Waals surface area (Å²) >= 11 is 7.56. The molecule has 0 aliphatic rings. The van der Waals surface area contributed by atoms with Gasteiger partial charge < -0.3 is 9.84 Å². The minimum Gasteiger partial charge on any atom is -0.361 e. The zero-order chi connectivity index (χ0) is 22.5. The third kappa shape index (κ3) is 6.01. The maximum absolute atomic E-state index is 11.8. The first kappa shape index (κ1) is 23.8. The van der Waals surface area contributed by atoms with Crippen LogP contribution < -0.4 is 5.32 Å². The summed E-state index contributed by atoms with van der Waals surface area (Å²) in [6.07, 6.45) is 8.86. The third-order valence-corrected chi connectivity index (χ3v) is 5.68. The number of terminal acetylenes is 1. The normalized spacial score (nSPS) is 11.9. The van der Waals surface area contributed by atoms with E-state index in [4.69, 9.17) is 22.5 Å². The number of thioether (sulfide) groups is 1. The van der Waals surface area contributed by atoms with Gasteiger partial charge in [-0.2, -0.15) is 11.8 Å². The molecule has 0 aliphatic carbocycles. The van der Waals surface area contributed by atoms with Gasteiger partial charge in [0.1, 0.15) is 11.5 Å². The Bertz CT molecular complexity index is 1090. The number of aromatic nitrogens is 2. The molecule has 158 valence electrons. The van der Waals surface area contributed by atoms with Crippen LogP contribution in [0.2, 0.25) is 5.02 Å². The van der Waals surface area contributed by atoms with Crippen molar-refractivity contribution in [3.8, 4) is 12.3 Å². The number of fused-ring (bicyclic) bond motifs is 1. The van der Waals surface area contributed by atoms with Crippen molar-refractivity contribution in [3.05, 3.63) is 58.1 Å². The molecule has 0 aliphatic heterocycles. The van der Waals surface area contributed by atoms with Gasteiger partial charge in [-0.05, 0) is 64.6 Å². The van der Waals surface area contributed by atoms with Crippen molar-refractivity contribution in [3.63, 3.8) is 0 Å². The topological polar surface area (TPSA) is 68.0 Å². The number of amides is 1. The summed E-state index contributed by atoms with van der Waals surface area (Å²) in [7, 11) is 0. The monoisotopic (exact) mass is 443 g/mol. The lowest BCUT2D eigenvalue weighted by Gasteiger charge is -2.25. The Labute approximate surface area is 187 Å². The van der Waals surface area contributed by atoms with Gasteiger partial charge in [0.05, 0.1) is 21.3 Å². The smallest absolute Gasteiger partial charge is 0.233 e. The molecule has 0 fully saturated rings. The van der Waals surface area contributed by atoms with Crippen LogP contribution in [0.4, 0.5) is 0 Å². The van der Waals surface area contributed by atoms with Gasteiger partial charge in [-0.1, -0.05) is 22.7 Å². The summed E-state index contributed by atoms with van der Waals surface area (Å²) in [6, 6.07) is 7.67. The number of aryl methyl sites for hydroxylation is 2. The van der Waals surface area contributed by atoms with E-state index in [0.717, 1.165) is 33.5 Å². The molecule has 1 amide bonds. The highest BCUT2D eigenvalue weighted by atomic mass is 35.5. The average Bonchev–Trinajstić information content (AvgIpc) is 3.14. The molecule has 1 atom stereocenters. The fourth-order valence-corrected chi connectivity index (χ4v) is 3.27. The highest BCUT2D eigenvalue weighted by Crippen LogP contribution is 2.24. The Kier molecular flexibility index (Phi) is 7.94. The van der Waals surface area contributed by atoms with Gasteiger partial charge in [-0.25, -0.2) is 0 Å². The Morgan fingerprint density at radius 3 is 2.57 bits per heavy atom. The maximum Gasteiger partial charge on any atom is 0.233 e. The zero-order valence-electron chi connectivity index (χ0n) is 18.0. The number of pyridine rings is 1. The van der Waals surface area contributed by atoms with E-state index in [2.05, 4.69) is 21.4 Å². The minimum atomic E-state index is -0.501. The van der Waals surface area contributed by atoms with Crippen LogP contribution >= 0.6 is 23.4 Å². The summed E-state index contributed by atoms with van der Waals surface area (Å²) in [6.45, 7) is 9.53. The largest absolute Gasteiger partial charge is 0.361 e. The van der Waals surface area contributed by atoms with Crippen LogP contribution in [0.3, 0.4) is 0 Å². The van der Waals surface area contributed by atoms with Gasteiger partial charge >= 0.3 is 0 Å². The molecule has 2 heterocycles. The van der Waals surface area contributed by atoms with Gasteiger partial charge in [0.15, 0.2) is 0 Å². The quantitative estimate of drug-likeness (QED) is 0.557. The molecule has 0 bridgehead atoms. The minimum absolute atomic E-state index is 0.0122. The second kappa shape index (κ2) is 10.0. The number of hydrogen-bond donors (Lipinski definition) is 1. The zero-order valence-corrected chi connectivity index (χ0v) is 19.6. The van der Waals surface area contributed by atoms with Gasteiger partial charge in [0.25, 0.3) is 0 Å². The first-order valence-corrected chi connectivity index (χ1v) is 11.0. The fraction of sp³-hybridized carbons (Fsp3) is 0.348. The number of hydrogen-bond acceptors (Lipinski definition) is 5. The molecule has 1 unspecified atom stereocenters. The van der Waals surface area contributed by atoms with Gasteiger partial charge in [-0.15, -0.1) is 6.42 Å². The van der Waals surface area contributed by atoms with E-state index in [0.29, 0.717) is 5.02 Å². The van der Waals surface area contributed by atoms with Crippen molar-refractivity contribution >= 4 is 40.2 Å². The molecule has 1 aromatic carbocycles. The van der Waals surface area contributed by atoms with Crippen LogP contribution in [0.25, 0.3) is 10.9 Å². The number of benzene rings is 1. The van der Waals surface area contributed by atoms with Gasteiger partial charge in [-0.3, -0.25) is 9.78 Å². The molecule has 0 radical (unpaired) electrons. The molecule has 1 N–H and O–H groups in total. The lowest BCUT2D eigenvalue weighted by molar-refractivity contribution is -0.122. The maximum atomic E-state index is 11.8. The van der Waals surface area contributed by atoms with Crippen molar-refractivity contribution in [2.45, 2.75) is 45.4 Å². The van der Waals surface area contributed by atoms with Crippen LogP contribution in [0.5, 0.6) is 0 Å². The molecular formula is C23H26ClN3O2S. The van der Waals surface area contributed by atoms with E-state index >= 15 is 0 Å². The molecule has 7 heteroatoms. The van der Waals surface area contributed by atoms with E-state index in [1.54, 1.807) is 6.20 Å². The van der Waals surface area contributed by atoms with Crippen LogP contribution in [0.1, 0.15) is 43.4 Å². The lowest BCUT2D eigenvalue weighted by atomic mass is 10.0. The van der Waals surface area contributed by atoms with Crippen LogP contribution in [0.15, 0.2) is 35.0 Å². The Morgan fingerprint density at radius 2 is 2.00 bits per heavy atom. The summed E-state index contributed by atoms with van der Waals surface area (Å²) in [5.41, 5.74) is 2.93. The van der Waals surface area contributed by atoms with E-state index in [1.807, 2.05) is 65.1 Å². The van der Waals surface area contributed by atoms with Crippen LogP contribution in [0, 0.1) is 26.2 Å². The summed E-state index contributed by atoms with van der Waals surface area (Å²) in [5.74, 6) is 3.31. The van der Waals surface area contributed by atoms with Crippen molar-refractivity contribution in [1.29, 1.82) is 0 Å². The molecule has 2 aromatic heterocycles. The first-order chi connectivity index (χ1) is 14.1. The molecule has 0 saturated heterocycles. The second-order valence-electron chi connectivity index (χ2n) is 7.50. The van der Waals surface area contributed by atoms with Crippen molar-refractivity contribution < 1.29 is 9.32 Å². The Hall–Kier alpha value is -2.49. The predicted octanol–water partition coefficient (Wildman–Crippen LogP) is 5.26. The number of carbonyl (C=O) groups is 1. The standard InChI is InChI=1S/C12H8ClN.C11H18N2O2S/c1-3-9-6-10-4-8(2)5-11(13)12(10)14-7-9;1-7-6-9(13-15-7)11(3,4)12-10(14)8(2)16-5/h1,4-7H,2H3;6,8H,1-5H3,(H,12,14). The van der Waals surface area contributed by atoms with E-state index < -0.39 is 5.54 Å². The number of rotatable bonds is 4. The Morgan fingerprint density at radius 1 is 1.30 bits per heavy atom. The van der Waals surface area contributed by atoms with Crippen molar-refractivity contribution in [1.82, 2.24) is 15.5 Å². The summed E-state index contributed by atoms with van der Waals surface area (Å²) in [5, 5.41) is 8.48. The third-order valence-electron chi connectivity index (χ3n) is 4.47. The molecule has 0 spiro atoms. The molecule has 5 nitrogen and oxygen atoms in total. The highest BCUT2D eigenvalue weighted by molar-refractivity contribution is 7.99. The van der Waals surface area contributed by atoms with E-state index in [9.17, 15) is 4.79 Å². The van der Waals surface area contributed by atoms with Gasteiger partial charge in [0.2, 0.25) is 5.91 Å². The Balaban J connectivity index is 0.000000215. The number of carbonyl (C=O) groups excluding carboxylic acids is 1. The molecule has 30 heavy (non-hydrogen) atoms. The predicted molar refractivity (Wildman–Crippen MR) is 125 cm³/mol. The van der Waals surface area contributed by atoms with E-state index in [1.165, 1.54) is 11.8 Å². The lowest BCUT2D eigenvalue weighted by Crippen LogP contribution is -2.44. The molecule has 3 rings (SSSR count). The number of nitrogens with one attached hydrogen (secondary N) is 1. The number of nitrogens with zero attached hydrogens (tertiary/aromatic N) is 2. The second-order valence-corrected chi connectivity index (χ2v) is 9.09. The van der Waals surface area contributed by atoms with Gasteiger partial charge in [0, 0.05) is 23.2 Å². The van der Waals surface area contributed by atoms with Crippen molar-refractivity contribution in [2.75, 3.05) is 6.26 Å². The molecule has 0 saturated carbocycles. The fourth-order valence-electron chi connectivity index (χ4n) is 2.67. The van der Waals surface area contributed by atoms with E-state index in [-0.39, 0.29) is 11.2 Å². The molecule has 3 aromatic rings. The van der Waals surface area contributed by atoms with Crippen molar-refractivity contribution in [2.24, 2.45) is 0 Å². The highest BCUT2D eigenvalue weighted by Gasteiger charge is 2.28. The molecular weight excluding hydrogens is 418 g/mol. The summed E-state index contributed by atoms with van der Waals surface area (Å²) in [4.78, 5) is 16.0.